The molecule has 0 aromatic carbocycles. The van der Waals surface area contributed by atoms with E-state index in [9.17, 15) is 4.79 Å². The molecule has 1 saturated heterocycles. The number of rotatable bonds is 2. The number of likely N-dealkylation sites (tertiary alicyclic amines) is 1. The molecule has 0 aliphatic carbocycles. The zero-order valence-electron chi connectivity index (χ0n) is 11.4. The molecule has 0 bridgehead atoms. The Morgan fingerprint density at radius 2 is 2.15 bits per heavy atom. The normalized spacial score (nSPS) is 16.4. The van der Waals surface area contributed by atoms with E-state index in [0.29, 0.717) is 17.3 Å². The van der Waals surface area contributed by atoms with Crippen LogP contribution in [0.3, 0.4) is 0 Å². The van der Waals surface area contributed by atoms with Gasteiger partial charge in [-0.1, -0.05) is 6.92 Å². The van der Waals surface area contributed by atoms with Crippen LogP contribution in [0.15, 0.2) is 31.0 Å². The van der Waals surface area contributed by atoms with Gasteiger partial charge in [-0.3, -0.25) is 4.79 Å². The first-order valence-corrected chi connectivity index (χ1v) is 6.84. The van der Waals surface area contributed by atoms with E-state index in [4.69, 9.17) is 0 Å². The second-order valence-electron chi connectivity index (χ2n) is 5.22. The van der Waals surface area contributed by atoms with E-state index in [1.807, 2.05) is 4.90 Å². The monoisotopic (exact) mass is 271 g/mol. The van der Waals surface area contributed by atoms with Gasteiger partial charge in [-0.2, -0.15) is 5.10 Å². The van der Waals surface area contributed by atoms with Gasteiger partial charge in [0.1, 0.15) is 12.7 Å². The average molecular weight is 271 g/mol. The summed E-state index contributed by atoms with van der Waals surface area (Å²) in [6.45, 7) is 3.90. The van der Waals surface area contributed by atoms with Crippen molar-refractivity contribution >= 4 is 5.91 Å². The number of nitrogens with zero attached hydrogens (tertiary/aromatic N) is 5. The quantitative estimate of drug-likeness (QED) is 0.831. The summed E-state index contributed by atoms with van der Waals surface area (Å²) in [5.41, 5.74) is 0.653. The van der Waals surface area contributed by atoms with Crippen LogP contribution in [0, 0.1) is 5.92 Å². The number of aromatic nitrogens is 4. The van der Waals surface area contributed by atoms with Gasteiger partial charge in [0.05, 0.1) is 0 Å². The minimum Gasteiger partial charge on any atom is -0.339 e. The fraction of sp³-hybridized carbons (Fsp3) is 0.429. The van der Waals surface area contributed by atoms with Crippen molar-refractivity contribution in [3.05, 3.63) is 36.5 Å². The minimum absolute atomic E-state index is 0.0701. The second kappa shape index (κ2) is 5.40. The third-order valence-electron chi connectivity index (χ3n) is 3.72. The third kappa shape index (κ3) is 2.54. The Labute approximate surface area is 117 Å². The topological polar surface area (TPSA) is 63.9 Å². The van der Waals surface area contributed by atoms with E-state index in [0.717, 1.165) is 25.9 Å². The molecule has 0 N–H and O–H groups in total. The smallest absolute Gasteiger partial charge is 0.254 e. The molecule has 104 valence electrons. The lowest BCUT2D eigenvalue weighted by molar-refractivity contribution is 0.0697. The number of piperidine rings is 1. The molecule has 0 atom stereocenters. The summed E-state index contributed by atoms with van der Waals surface area (Å²) in [5.74, 6) is 1.39. The van der Waals surface area contributed by atoms with Gasteiger partial charge < -0.3 is 4.90 Å². The number of carbonyl (C=O) groups is 1. The SMILES string of the molecule is CC1CCN(C(=O)c2ccnc(-n3cncn3)c2)CC1. The van der Waals surface area contributed by atoms with Gasteiger partial charge in [-0.25, -0.2) is 14.6 Å². The second-order valence-corrected chi connectivity index (χ2v) is 5.22. The molecule has 3 rings (SSSR count). The number of hydrogen-bond acceptors (Lipinski definition) is 4. The van der Waals surface area contributed by atoms with Crippen LogP contribution in [0.2, 0.25) is 0 Å². The van der Waals surface area contributed by atoms with Gasteiger partial charge in [0.15, 0.2) is 5.82 Å². The Kier molecular flexibility index (Phi) is 3.45. The van der Waals surface area contributed by atoms with E-state index >= 15 is 0 Å². The molecule has 0 spiro atoms. The van der Waals surface area contributed by atoms with Crippen LogP contribution in [0.25, 0.3) is 5.82 Å². The highest BCUT2D eigenvalue weighted by atomic mass is 16.2. The van der Waals surface area contributed by atoms with Gasteiger partial charge in [-0.05, 0) is 30.9 Å². The first-order valence-electron chi connectivity index (χ1n) is 6.84. The summed E-state index contributed by atoms with van der Waals surface area (Å²) in [5, 5.41) is 4.03. The van der Waals surface area contributed by atoms with Crippen LogP contribution in [0.1, 0.15) is 30.1 Å². The van der Waals surface area contributed by atoms with E-state index in [1.165, 1.54) is 6.33 Å². The van der Waals surface area contributed by atoms with Crippen molar-refractivity contribution in [1.29, 1.82) is 0 Å². The molecule has 0 radical (unpaired) electrons. The third-order valence-corrected chi connectivity index (χ3v) is 3.72. The highest BCUT2D eigenvalue weighted by Crippen LogP contribution is 2.18. The Balaban J connectivity index is 1.80. The molecule has 20 heavy (non-hydrogen) atoms. The molecule has 1 aliphatic heterocycles. The van der Waals surface area contributed by atoms with E-state index in [-0.39, 0.29) is 5.91 Å². The van der Waals surface area contributed by atoms with Gasteiger partial charge >= 0.3 is 0 Å². The zero-order valence-corrected chi connectivity index (χ0v) is 11.4. The van der Waals surface area contributed by atoms with Crippen LogP contribution in [-0.2, 0) is 0 Å². The fourth-order valence-electron chi connectivity index (χ4n) is 2.40. The van der Waals surface area contributed by atoms with E-state index in [2.05, 4.69) is 22.0 Å². The van der Waals surface area contributed by atoms with Crippen molar-refractivity contribution in [2.45, 2.75) is 19.8 Å². The molecular weight excluding hydrogens is 254 g/mol. The van der Waals surface area contributed by atoms with Crippen molar-refractivity contribution in [2.75, 3.05) is 13.1 Å². The summed E-state index contributed by atoms with van der Waals surface area (Å²) < 4.78 is 1.55. The molecule has 2 aromatic heterocycles. The van der Waals surface area contributed by atoms with Crippen LogP contribution in [0.4, 0.5) is 0 Å². The molecule has 1 fully saturated rings. The first-order chi connectivity index (χ1) is 9.74. The summed E-state index contributed by atoms with van der Waals surface area (Å²) in [4.78, 5) is 22.5. The summed E-state index contributed by atoms with van der Waals surface area (Å²) in [6, 6.07) is 3.51. The van der Waals surface area contributed by atoms with Crippen molar-refractivity contribution in [2.24, 2.45) is 5.92 Å². The summed E-state index contributed by atoms with van der Waals surface area (Å²) in [7, 11) is 0. The molecule has 0 unspecified atom stereocenters. The predicted octanol–water partition coefficient (Wildman–Crippen LogP) is 1.53. The maximum absolute atomic E-state index is 12.5. The molecule has 6 heteroatoms. The number of carbonyl (C=O) groups excluding carboxylic acids is 1. The fourth-order valence-corrected chi connectivity index (χ4v) is 2.40. The van der Waals surface area contributed by atoms with Gasteiger partial charge in [-0.15, -0.1) is 0 Å². The van der Waals surface area contributed by atoms with Crippen molar-refractivity contribution in [1.82, 2.24) is 24.6 Å². The highest BCUT2D eigenvalue weighted by molar-refractivity contribution is 5.94. The maximum atomic E-state index is 12.5. The van der Waals surface area contributed by atoms with Crippen LogP contribution in [-0.4, -0.2) is 43.6 Å². The molecule has 6 nitrogen and oxygen atoms in total. The Hall–Kier alpha value is -2.24. The summed E-state index contributed by atoms with van der Waals surface area (Å²) >= 11 is 0. The molecule has 0 saturated carbocycles. The lowest BCUT2D eigenvalue weighted by atomic mass is 9.99. The number of pyridine rings is 1. The standard InChI is InChI=1S/C14H17N5O/c1-11-3-6-18(7-4-11)14(20)12-2-5-16-13(8-12)19-10-15-9-17-19/h2,5,8-11H,3-4,6-7H2,1H3. The largest absolute Gasteiger partial charge is 0.339 e. The van der Waals surface area contributed by atoms with Crippen molar-refractivity contribution in [3.63, 3.8) is 0 Å². The van der Waals surface area contributed by atoms with Crippen molar-refractivity contribution in [3.8, 4) is 5.82 Å². The molecule has 1 amide bonds. The molecular formula is C14H17N5O. The van der Waals surface area contributed by atoms with Gasteiger partial charge in [0.2, 0.25) is 0 Å². The molecule has 2 aromatic rings. The molecule has 3 heterocycles. The highest BCUT2D eigenvalue weighted by Gasteiger charge is 2.21. The summed E-state index contributed by atoms with van der Waals surface area (Å²) in [6.07, 6.45) is 6.80. The van der Waals surface area contributed by atoms with Crippen LogP contribution >= 0.6 is 0 Å². The first kappa shape index (κ1) is 12.8. The number of hydrogen-bond donors (Lipinski definition) is 0. The minimum atomic E-state index is 0.0701. The number of amides is 1. The zero-order chi connectivity index (χ0) is 13.9. The van der Waals surface area contributed by atoms with Gasteiger partial charge in [0.25, 0.3) is 5.91 Å². The van der Waals surface area contributed by atoms with E-state index in [1.54, 1.807) is 29.3 Å². The van der Waals surface area contributed by atoms with E-state index < -0.39 is 0 Å². The average Bonchev–Trinajstić information content (AvgIpc) is 3.02. The van der Waals surface area contributed by atoms with Crippen LogP contribution < -0.4 is 0 Å². The van der Waals surface area contributed by atoms with Gasteiger partial charge in [0, 0.05) is 24.8 Å². The maximum Gasteiger partial charge on any atom is 0.254 e. The lowest BCUT2D eigenvalue weighted by Gasteiger charge is -2.30. The Morgan fingerprint density at radius 1 is 1.35 bits per heavy atom. The Bertz CT molecular complexity index is 587. The van der Waals surface area contributed by atoms with Crippen molar-refractivity contribution < 1.29 is 4.79 Å². The predicted molar refractivity (Wildman–Crippen MR) is 73.5 cm³/mol. The lowest BCUT2D eigenvalue weighted by Crippen LogP contribution is -2.37. The van der Waals surface area contributed by atoms with Crippen LogP contribution in [0.5, 0.6) is 0 Å². The Morgan fingerprint density at radius 3 is 2.85 bits per heavy atom. The molecule has 1 aliphatic rings.